The largest absolute Gasteiger partial charge is 0.495 e. The molecule has 1 aliphatic rings. The van der Waals surface area contributed by atoms with Crippen molar-refractivity contribution in [2.75, 3.05) is 44.5 Å². The minimum atomic E-state index is -0.221. The highest BCUT2D eigenvalue weighted by molar-refractivity contribution is 7.99. The van der Waals surface area contributed by atoms with Crippen LogP contribution in [0.25, 0.3) is 0 Å². The summed E-state index contributed by atoms with van der Waals surface area (Å²) in [5.74, 6) is 1.22. The van der Waals surface area contributed by atoms with Gasteiger partial charge in [-0.2, -0.15) is 0 Å². The maximum Gasteiger partial charge on any atom is 0.233 e. The van der Waals surface area contributed by atoms with Gasteiger partial charge in [0.05, 0.1) is 38.2 Å². The lowest BCUT2D eigenvalue weighted by Crippen LogP contribution is -2.41. The normalized spacial score (nSPS) is 14.0. The molecule has 0 radical (unpaired) electrons. The Kier molecular flexibility index (Phi) is 6.88. The third-order valence-electron chi connectivity index (χ3n) is 4.31. The number of nitrogens with zero attached hydrogens (tertiary/aromatic N) is 4. The first-order valence-corrected chi connectivity index (χ1v) is 9.86. The van der Waals surface area contributed by atoms with E-state index in [1.165, 1.54) is 11.8 Å². The fourth-order valence-corrected chi connectivity index (χ4v) is 3.57. The molecule has 2 heterocycles. The minimum absolute atomic E-state index is 0.0479. The Balaban J connectivity index is 1.55. The maximum absolute atomic E-state index is 12.4. The van der Waals surface area contributed by atoms with E-state index in [9.17, 15) is 9.59 Å². The SMILES string of the molecule is COc1ccccc1NC(=O)Cc1nnc(SCC(=O)N2CCOCC2)n1C. The Hall–Kier alpha value is -2.59. The van der Waals surface area contributed by atoms with Gasteiger partial charge in [0.2, 0.25) is 11.8 Å². The number of morpholine rings is 1. The fraction of sp³-hybridized carbons (Fsp3) is 0.444. The predicted octanol–water partition coefficient (Wildman–Crippen LogP) is 0.956. The van der Waals surface area contributed by atoms with Crippen LogP contribution < -0.4 is 10.1 Å². The number of hydrogen-bond donors (Lipinski definition) is 1. The molecular weight excluding hydrogens is 382 g/mol. The van der Waals surface area contributed by atoms with E-state index in [1.807, 2.05) is 12.1 Å². The van der Waals surface area contributed by atoms with Crippen molar-refractivity contribution < 1.29 is 19.1 Å². The van der Waals surface area contributed by atoms with Gasteiger partial charge in [-0.05, 0) is 12.1 Å². The van der Waals surface area contributed by atoms with E-state index in [4.69, 9.17) is 9.47 Å². The third kappa shape index (κ3) is 5.02. The number of rotatable bonds is 7. The van der Waals surface area contributed by atoms with Crippen LogP contribution in [-0.2, 0) is 27.8 Å². The zero-order valence-electron chi connectivity index (χ0n) is 15.9. The molecule has 1 aromatic heterocycles. The number of hydrogen-bond acceptors (Lipinski definition) is 7. The van der Waals surface area contributed by atoms with Crippen LogP contribution in [0, 0.1) is 0 Å². The summed E-state index contributed by atoms with van der Waals surface area (Å²) >= 11 is 1.31. The first kappa shape index (κ1) is 20.2. The Morgan fingerprint density at radius 2 is 2.00 bits per heavy atom. The van der Waals surface area contributed by atoms with E-state index < -0.39 is 0 Å². The van der Waals surface area contributed by atoms with Crippen LogP contribution in [0.5, 0.6) is 5.75 Å². The number of benzene rings is 1. The molecule has 3 rings (SSSR count). The van der Waals surface area contributed by atoms with E-state index >= 15 is 0 Å². The van der Waals surface area contributed by atoms with E-state index in [2.05, 4.69) is 15.5 Å². The lowest BCUT2D eigenvalue weighted by molar-refractivity contribution is -0.132. The van der Waals surface area contributed by atoms with Crippen LogP contribution in [0.1, 0.15) is 5.82 Å². The van der Waals surface area contributed by atoms with Gasteiger partial charge < -0.3 is 24.3 Å². The molecule has 1 N–H and O–H groups in total. The molecule has 150 valence electrons. The number of carbonyl (C=O) groups excluding carboxylic acids is 2. The minimum Gasteiger partial charge on any atom is -0.495 e. The number of carbonyl (C=O) groups is 2. The highest BCUT2D eigenvalue weighted by atomic mass is 32.2. The third-order valence-corrected chi connectivity index (χ3v) is 5.32. The highest BCUT2D eigenvalue weighted by Gasteiger charge is 2.19. The number of nitrogens with one attached hydrogen (secondary N) is 1. The van der Waals surface area contributed by atoms with Gasteiger partial charge in [-0.25, -0.2) is 0 Å². The summed E-state index contributed by atoms with van der Waals surface area (Å²) in [6.07, 6.45) is 0.0690. The van der Waals surface area contributed by atoms with Crippen molar-refractivity contribution in [3.8, 4) is 5.75 Å². The zero-order valence-corrected chi connectivity index (χ0v) is 16.7. The van der Waals surface area contributed by atoms with Crippen LogP contribution in [0.15, 0.2) is 29.4 Å². The molecule has 0 bridgehead atoms. The summed E-state index contributed by atoms with van der Waals surface area (Å²) in [6.45, 7) is 2.39. The molecule has 1 aromatic carbocycles. The van der Waals surface area contributed by atoms with Gasteiger partial charge in [0.25, 0.3) is 0 Å². The molecule has 0 saturated carbocycles. The Labute approximate surface area is 167 Å². The monoisotopic (exact) mass is 405 g/mol. The maximum atomic E-state index is 12.4. The first-order valence-electron chi connectivity index (χ1n) is 8.88. The van der Waals surface area contributed by atoms with E-state index in [1.54, 1.807) is 35.8 Å². The van der Waals surface area contributed by atoms with Gasteiger partial charge >= 0.3 is 0 Å². The van der Waals surface area contributed by atoms with Gasteiger partial charge in [0, 0.05) is 20.1 Å². The molecule has 10 heteroatoms. The van der Waals surface area contributed by atoms with Crippen LogP contribution in [0.3, 0.4) is 0 Å². The van der Waals surface area contributed by atoms with Gasteiger partial charge in [-0.3, -0.25) is 9.59 Å². The van der Waals surface area contributed by atoms with E-state index in [0.717, 1.165) is 0 Å². The fourth-order valence-electron chi connectivity index (χ4n) is 2.74. The summed E-state index contributed by atoms with van der Waals surface area (Å²) in [4.78, 5) is 26.4. The molecule has 1 saturated heterocycles. The van der Waals surface area contributed by atoms with Gasteiger partial charge in [-0.1, -0.05) is 23.9 Å². The average molecular weight is 405 g/mol. The molecule has 28 heavy (non-hydrogen) atoms. The number of anilines is 1. The average Bonchev–Trinajstić information content (AvgIpc) is 3.06. The molecule has 0 atom stereocenters. The quantitative estimate of drug-likeness (QED) is 0.685. The summed E-state index contributed by atoms with van der Waals surface area (Å²) in [5.41, 5.74) is 0.600. The second-order valence-corrected chi connectivity index (χ2v) is 7.11. The topological polar surface area (TPSA) is 98.6 Å². The van der Waals surface area contributed by atoms with Crippen molar-refractivity contribution in [1.82, 2.24) is 19.7 Å². The predicted molar refractivity (Wildman–Crippen MR) is 104 cm³/mol. The van der Waals surface area contributed by atoms with Crippen molar-refractivity contribution in [1.29, 1.82) is 0 Å². The summed E-state index contributed by atoms with van der Waals surface area (Å²) in [5, 5.41) is 11.6. The van der Waals surface area contributed by atoms with Gasteiger partial charge in [0.15, 0.2) is 5.16 Å². The van der Waals surface area contributed by atoms with Crippen LogP contribution in [0.2, 0.25) is 0 Å². The summed E-state index contributed by atoms with van der Waals surface area (Å²) in [7, 11) is 3.34. The number of ether oxygens (including phenoxy) is 2. The van der Waals surface area contributed by atoms with Crippen molar-refractivity contribution in [2.24, 2.45) is 7.05 Å². The molecule has 0 unspecified atom stereocenters. The second-order valence-electron chi connectivity index (χ2n) is 6.16. The smallest absolute Gasteiger partial charge is 0.233 e. The standard InChI is InChI=1S/C18H23N5O4S/c1-22-15(11-16(24)19-13-5-3-4-6-14(13)26-2)20-21-18(22)28-12-17(25)23-7-9-27-10-8-23/h3-6H,7-12H2,1-2H3,(H,19,24). The molecular formula is C18H23N5O4S. The number of thioether (sulfide) groups is 1. The second kappa shape index (κ2) is 9.56. The summed E-state index contributed by atoms with van der Waals surface area (Å²) in [6, 6.07) is 7.20. The summed E-state index contributed by atoms with van der Waals surface area (Å²) < 4.78 is 12.2. The first-order chi connectivity index (χ1) is 13.6. The Bertz CT molecular complexity index is 835. The van der Waals surface area contributed by atoms with E-state index in [0.29, 0.717) is 48.7 Å². The van der Waals surface area contributed by atoms with Crippen LogP contribution >= 0.6 is 11.8 Å². The van der Waals surface area contributed by atoms with Gasteiger partial charge in [-0.15, -0.1) is 10.2 Å². The number of aromatic nitrogens is 3. The number of amides is 2. The molecule has 1 fully saturated rings. The molecule has 0 spiro atoms. The lowest BCUT2D eigenvalue weighted by atomic mass is 10.2. The van der Waals surface area contributed by atoms with Crippen molar-refractivity contribution >= 4 is 29.3 Å². The Morgan fingerprint density at radius 1 is 1.25 bits per heavy atom. The number of methoxy groups -OCH3 is 1. The van der Waals surface area contributed by atoms with Gasteiger partial charge in [0.1, 0.15) is 11.6 Å². The molecule has 2 amide bonds. The highest BCUT2D eigenvalue weighted by Crippen LogP contribution is 2.23. The van der Waals surface area contributed by atoms with Crippen LogP contribution in [0.4, 0.5) is 5.69 Å². The zero-order chi connectivity index (χ0) is 19.9. The van der Waals surface area contributed by atoms with Crippen molar-refractivity contribution in [2.45, 2.75) is 11.6 Å². The molecule has 0 aliphatic carbocycles. The number of para-hydroxylation sites is 2. The molecule has 1 aliphatic heterocycles. The lowest BCUT2D eigenvalue weighted by Gasteiger charge is -2.26. The van der Waals surface area contributed by atoms with Crippen molar-refractivity contribution in [3.63, 3.8) is 0 Å². The molecule has 2 aromatic rings. The van der Waals surface area contributed by atoms with E-state index in [-0.39, 0.29) is 24.0 Å². The Morgan fingerprint density at radius 3 is 2.75 bits per heavy atom. The molecule has 9 nitrogen and oxygen atoms in total. The van der Waals surface area contributed by atoms with Crippen molar-refractivity contribution in [3.05, 3.63) is 30.1 Å². The van der Waals surface area contributed by atoms with Crippen LogP contribution in [-0.4, -0.2) is 70.6 Å².